The summed E-state index contributed by atoms with van der Waals surface area (Å²) in [4.78, 5) is 19.6. The van der Waals surface area contributed by atoms with Crippen molar-refractivity contribution in [3.05, 3.63) is 94.3 Å². The highest BCUT2D eigenvalue weighted by Crippen LogP contribution is 2.42. The number of methoxy groups -OCH3 is 2. The molecule has 9 nitrogen and oxygen atoms in total. The van der Waals surface area contributed by atoms with E-state index in [0.29, 0.717) is 62.0 Å². The molecule has 2 fully saturated rings. The van der Waals surface area contributed by atoms with Gasteiger partial charge in [-0.1, -0.05) is 24.3 Å². The third kappa shape index (κ3) is 7.40. The Balaban J connectivity index is 1.19. The summed E-state index contributed by atoms with van der Waals surface area (Å²) in [5.74, 6) is 1.70. The largest absolute Gasteiger partial charge is 0.497 e. The van der Waals surface area contributed by atoms with Gasteiger partial charge in [-0.15, -0.1) is 0 Å². The number of benzene rings is 2. The van der Waals surface area contributed by atoms with Crippen LogP contribution in [0.15, 0.2) is 60.8 Å². The van der Waals surface area contributed by atoms with Gasteiger partial charge in [0.15, 0.2) is 0 Å². The summed E-state index contributed by atoms with van der Waals surface area (Å²) in [6.45, 7) is 4.21. The lowest BCUT2D eigenvalue weighted by atomic mass is 9.95. The van der Waals surface area contributed by atoms with Crippen LogP contribution >= 0.6 is 0 Å². The minimum Gasteiger partial charge on any atom is -0.497 e. The number of hydrogen-bond donors (Lipinski definition) is 0. The SMILES string of the molecule is COc1ccc(CN(Cc2ccc(OC)cc2)c2cc(C)c(C(F)(F)F)c(N3CCc4cnc(OC[C@@]56CCCN5C[C@H](F)C6)nc4C3)n2)cc1. The van der Waals surface area contributed by atoms with Crippen LogP contribution in [0, 0.1) is 6.92 Å². The summed E-state index contributed by atoms with van der Waals surface area (Å²) in [6.07, 6.45) is -1.13. The summed E-state index contributed by atoms with van der Waals surface area (Å²) in [5.41, 5.74) is 2.29. The molecule has 51 heavy (non-hydrogen) atoms. The molecule has 0 spiro atoms. The highest BCUT2D eigenvalue weighted by Gasteiger charge is 2.49. The van der Waals surface area contributed by atoms with Crippen molar-refractivity contribution in [1.29, 1.82) is 0 Å². The first kappa shape index (κ1) is 34.8. The minimum absolute atomic E-state index is 0.0811. The fourth-order valence-electron chi connectivity index (χ4n) is 7.68. The van der Waals surface area contributed by atoms with Crippen molar-refractivity contribution in [2.24, 2.45) is 0 Å². The molecule has 0 unspecified atom stereocenters. The molecular formula is C38H42F4N6O3. The van der Waals surface area contributed by atoms with Gasteiger partial charge < -0.3 is 24.0 Å². The van der Waals surface area contributed by atoms with E-state index in [0.717, 1.165) is 36.1 Å². The van der Waals surface area contributed by atoms with E-state index < -0.39 is 17.9 Å². The number of aromatic nitrogens is 3. The Morgan fingerprint density at radius 1 is 0.941 bits per heavy atom. The van der Waals surface area contributed by atoms with Gasteiger partial charge in [-0.05, 0) is 85.3 Å². The number of ether oxygens (including phenoxy) is 3. The van der Waals surface area contributed by atoms with Gasteiger partial charge in [0.1, 0.15) is 41.5 Å². The van der Waals surface area contributed by atoms with Crippen LogP contribution in [0.1, 0.15) is 52.8 Å². The highest BCUT2D eigenvalue weighted by molar-refractivity contribution is 5.60. The summed E-state index contributed by atoms with van der Waals surface area (Å²) in [7, 11) is 3.20. The lowest BCUT2D eigenvalue weighted by Crippen LogP contribution is -2.43. The maximum Gasteiger partial charge on any atom is 0.420 e. The van der Waals surface area contributed by atoms with Gasteiger partial charge in [0.05, 0.1) is 32.0 Å². The molecule has 2 saturated heterocycles. The molecule has 0 radical (unpaired) electrons. The number of rotatable bonds is 11. The molecule has 7 rings (SSSR count). The fraction of sp³-hybridized carbons (Fsp3) is 0.447. The van der Waals surface area contributed by atoms with E-state index >= 15 is 0 Å². The molecule has 2 atom stereocenters. The lowest BCUT2D eigenvalue weighted by molar-refractivity contribution is -0.137. The number of hydrogen-bond acceptors (Lipinski definition) is 9. The maximum absolute atomic E-state index is 14.8. The number of alkyl halides is 4. The van der Waals surface area contributed by atoms with Crippen LogP contribution in [0.2, 0.25) is 0 Å². The first-order valence-corrected chi connectivity index (χ1v) is 17.2. The van der Waals surface area contributed by atoms with Gasteiger partial charge in [0.2, 0.25) is 0 Å². The summed E-state index contributed by atoms with van der Waals surface area (Å²) < 4.78 is 75.4. The molecule has 0 N–H and O–H groups in total. The van der Waals surface area contributed by atoms with Crippen LogP contribution in [0.4, 0.5) is 29.2 Å². The van der Waals surface area contributed by atoms with Crippen LogP contribution in [0.3, 0.4) is 0 Å². The van der Waals surface area contributed by atoms with Crippen molar-refractivity contribution in [3.63, 3.8) is 0 Å². The third-order valence-electron chi connectivity index (χ3n) is 10.3. The predicted molar refractivity (Wildman–Crippen MR) is 185 cm³/mol. The van der Waals surface area contributed by atoms with Crippen LogP contribution < -0.4 is 24.0 Å². The van der Waals surface area contributed by atoms with Crippen molar-refractivity contribution in [1.82, 2.24) is 19.9 Å². The minimum atomic E-state index is -4.63. The summed E-state index contributed by atoms with van der Waals surface area (Å²) in [5, 5.41) is 0. The molecule has 3 aliphatic heterocycles. The lowest BCUT2D eigenvalue weighted by Gasteiger charge is -2.33. The van der Waals surface area contributed by atoms with E-state index in [2.05, 4.69) is 14.9 Å². The topological polar surface area (TPSA) is 76.1 Å². The summed E-state index contributed by atoms with van der Waals surface area (Å²) >= 11 is 0. The number of fused-ring (bicyclic) bond motifs is 2. The van der Waals surface area contributed by atoms with Gasteiger partial charge in [0.25, 0.3) is 0 Å². The van der Waals surface area contributed by atoms with Crippen LogP contribution in [-0.4, -0.2) is 72.0 Å². The second kappa shape index (κ2) is 14.2. The van der Waals surface area contributed by atoms with E-state index in [1.54, 1.807) is 25.3 Å². The maximum atomic E-state index is 14.8. The quantitative estimate of drug-likeness (QED) is 0.154. The van der Waals surface area contributed by atoms with Crippen LogP contribution in [-0.2, 0) is 32.2 Å². The van der Waals surface area contributed by atoms with Crippen molar-refractivity contribution >= 4 is 11.6 Å². The molecule has 4 aromatic rings. The number of halogens is 4. The van der Waals surface area contributed by atoms with Crippen molar-refractivity contribution in [2.45, 2.75) is 70.1 Å². The second-order valence-corrected chi connectivity index (χ2v) is 13.7. The average Bonchev–Trinajstić information content (AvgIpc) is 3.65. The van der Waals surface area contributed by atoms with E-state index in [1.807, 2.05) is 53.4 Å². The molecular weight excluding hydrogens is 664 g/mol. The Morgan fingerprint density at radius 2 is 1.61 bits per heavy atom. The van der Waals surface area contributed by atoms with Gasteiger partial charge in [-0.25, -0.2) is 14.4 Å². The molecule has 0 amide bonds. The van der Waals surface area contributed by atoms with Gasteiger partial charge in [0, 0.05) is 38.8 Å². The zero-order chi connectivity index (χ0) is 35.8. The molecule has 3 aliphatic rings. The standard InChI is InChI=1S/C38H42F4N6O3/c1-25-17-33(47(20-26-5-9-30(49-2)10-6-26)21-27-7-11-31(50-3)12-8-27)45-35(34(25)38(40,41)42)46-16-13-28-19-43-36(44-32(28)23-46)51-24-37-14-4-15-48(37)22-29(39)18-37/h5-12,17,19,29H,4,13-16,18,20-24H2,1-3H3/t29-,37+/m1/s1. The molecule has 2 aromatic heterocycles. The molecule has 13 heteroatoms. The molecule has 5 heterocycles. The number of aryl methyl sites for hydroxylation is 1. The zero-order valence-corrected chi connectivity index (χ0v) is 29.0. The molecule has 0 aliphatic carbocycles. The van der Waals surface area contributed by atoms with Gasteiger partial charge in [-0.2, -0.15) is 18.2 Å². The van der Waals surface area contributed by atoms with E-state index in [1.165, 1.54) is 13.0 Å². The van der Waals surface area contributed by atoms with E-state index in [9.17, 15) is 17.6 Å². The van der Waals surface area contributed by atoms with Gasteiger partial charge >= 0.3 is 12.2 Å². The number of nitrogens with zero attached hydrogens (tertiary/aromatic N) is 6. The Kier molecular flexibility index (Phi) is 9.66. The second-order valence-electron chi connectivity index (χ2n) is 13.7. The highest BCUT2D eigenvalue weighted by atomic mass is 19.4. The van der Waals surface area contributed by atoms with E-state index in [-0.39, 0.29) is 36.1 Å². The third-order valence-corrected chi connectivity index (χ3v) is 10.3. The number of anilines is 2. The van der Waals surface area contributed by atoms with Crippen LogP contribution in [0.5, 0.6) is 17.5 Å². The fourth-order valence-corrected chi connectivity index (χ4v) is 7.68. The predicted octanol–water partition coefficient (Wildman–Crippen LogP) is 6.94. The Bertz CT molecular complexity index is 1790. The first-order valence-electron chi connectivity index (χ1n) is 17.2. The summed E-state index contributed by atoms with van der Waals surface area (Å²) in [6, 6.07) is 16.8. The number of pyridine rings is 1. The zero-order valence-electron chi connectivity index (χ0n) is 29.0. The van der Waals surface area contributed by atoms with E-state index in [4.69, 9.17) is 19.2 Å². The van der Waals surface area contributed by atoms with Crippen molar-refractivity contribution in [3.8, 4) is 17.5 Å². The smallest absolute Gasteiger partial charge is 0.420 e. The van der Waals surface area contributed by atoms with Crippen molar-refractivity contribution < 1.29 is 31.8 Å². The van der Waals surface area contributed by atoms with Crippen LogP contribution in [0.25, 0.3) is 0 Å². The molecule has 0 bridgehead atoms. The monoisotopic (exact) mass is 706 g/mol. The Hall–Kier alpha value is -4.65. The molecule has 0 saturated carbocycles. The normalized spacial score (nSPS) is 20.2. The van der Waals surface area contributed by atoms with Gasteiger partial charge in [-0.3, -0.25) is 4.90 Å². The first-order chi connectivity index (χ1) is 24.5. The van der Waals surface area contributed by atoms with Crippen molar-refractivity contribution in [2.75, 3.05) is 50.3 Å². The molecule has 270 valence electrons. The Labute approximate surface area is 295 Å². The Morgan fingerprint density at radius 3 is 2.24 bits per heavy atom. The average molecular weight is 707 g/mol. The molecule has 2 aromatic carbocycles.